The van der Waals surface area contributed by atoms with E-state index in [2.05, 4.69) is 30.6 Å². The number of aromatic nitrogens is 7. The fraction of sp³-hybridized carbons (Fsp3) is 0.133. The Bertz CT molecular complexity index is 1050. The lowest BCUT2D eigenvalue weighted by Gasteiger charge is -2.06. The monoisotopic (exact) mass is 322 g/mol. The summed E-state index contributed by atoms with van der Waals surface area (Å²) in [5.74, 6) is 1.09. The number of hydrogen-bond acceptors (Lipinski definition) is 6. The summed E-state index contributed by atoms with van der Waals surface area (Å²) in [4.78, 5) is 19.4. The summed E-state index contributed by atoms with van der Waals surface area (Å²) in [5.41, 5.74) is 1.08. The molecule has 0 atom stereocenters. The zero-order chi connectivity index (χ0) is 16.5. The maximum absolute atomic E-state index is 12.3. The van der Waals surface area contributed by atoms with Crippen molar-refractivity contribution >= 4 is 17.0 Å². The van der Waals surface area contributed by atoms with Crippen LogP contribution in [-0.4, -0.2) is 34.5 Å². The summed E-state index contributed by atoms with van der Waals surface area (Å²) in [6.07, 6.45) is 3.13. The third-order valence-electron chi connectivity index (χ3n) is 3.66. The summed E-state index contributed by atoms with van der Waals surface area (Å²) < 4.78 is 3.43. The number of nitrogens with one attached hydrogen (secondary N) is 2. The summed E-state index contributed by atoms with van der Waals surface area (Å²) >= 11 is 0. The number of aryl methyl sites for hydroxylation is 1. The molecule has 4 rings (SSSR count). The van der Waals surface area contributed by atoms with E-state index in [0.717, 1.165) is 11.5 Å². The zero-order valence-corrected chi connectivity index (χ0v) is 12.8. The molecule has 4 aromatic rings. The first kappa shape index (κ1) is 14.1. The van der Waals surface area contributed by atoms with Gasteiger partial charge in [0.25, 0.3) is 5.56 Å². The predicted octanol–water partition coefficient (Wildman–Crippen LogP) is 0.849. The number of hydrogen-bond donors (Lipinski definition) is 2. The lowest BCUT2D eigenvalue weighted by atomic mass is 10.3. The van der Waals surface area contributed by atoms with Crippen molar-refractivity contribution in [2.75, 3.05) is 5.32 Å². The number of nitrogens with zero attached hydrogens (tertiary/aromatic N) is 6. The maximum Gasteiger partial charge on any atom is 0.263 e. The van der Waals surface area contributed by atoms with E-state index < -0.39 is 0 Å². The van der Waals surface area contributed by atoms with E-state index >= 15 is 0 Å². The molecule has 0 fully saturated rings. The Hall–Kier alpha value is -3.49. The summed E-state index contributed by atoms with van der Waals surface area (Å²) in [6, 6.07) is 9.54. The number of H-pyrrole nitrogens is 1. The maximum atomic E-state index is 12.3. The minimum absolute atomic E-state index is 0.248. The van der Waals surface area contributed by atoms with Gasteiger partial charge in [-0.25, -0.2) is 4.68 Å². The van der Waals surface area contributed by atoms with Crippen molar-refractivity contribution in [3.63, 3.8) is 0 Å². The van der Waals surface area contributed by atoms with E-state index in [4.69, 9.17) is 0 Å². The molecular weight excluding hydrogens is 308 g/mol. The number of fused-ring (bicyclic) bond motifs is 1. The second-order valence-corrected chi connectivity index (χ2v) is 5.26. The SMILES string of the molecule is Cn1cnnc1CNc1nc2c(cnn2-c2ccccc2)c(=O)[nH]1. The Morgan fingerprint density at radius 3 is 2.83 bits per heavy atom. The molecule has 2 N–H and O–H groups in total. The molecule has 0 saturated carbocycles. The normalized spacial score (nSPS) is 11.0. The molecule has 3 aromatic heterocycles. The first-order valence-electron chi connectivity index (χ1n) is 7.32. The van der Waals surface area contributed by atoms with Crippen molar-refractivity contribution in [3.8, 4) is 5.69 Å². The number of rotatable bonds is 4. The fourth-order valence-corrected chi connectivity index (χ4v) is 2.39. The van der Waals surface area contributed by atoms with Crippen LogP contribution in [0.4, 0.5) is 5.95 Å². The van der Waals surface area contributed by atoms with E-state index in [9.17, 15) is 4.79 Å². The topological polar surface area (TPSA) is 106 Å². The van der Waals surface area contributed by atoms with Crippen LogP contribution in [0.2, 0.25) is 0 Å². The molecule has 0 aliphatic rings. The third-order valence-corrected chi connectivity index (χ3v) is 3.66. The standard InChI is InChI=1S/C15H14N8O/c1-22-9-17-21-12(22)8-16-15-19-13-11(14(24)20-15)7-18-23(13)10-5-3-2-4-6-10/h2-7,9H,8H2,1H3,(H2,16,19,20,24). The largest absolute Gasteiger partial charge is 0.348 e. The van der Waals surface area contributed by atoms with Gasteiger partial charge in [0.05, 0.1) is 18.4 Å². The van der Waals surface area contributed by atoms with Gasteiger partial charge >= 0.3 is 0 Å². The van der Waals surface area contributed by atoms with Crippen molar-refractivity contribution in [2.45, 2.75) is 6.54 Å². The van der Waals surface area contributed by atoms with Gasteiger partial charge in [-0.1, -0.05) is 18.2 Å². The molecule has 1 aromatic carbocycles. The van der Waals surface area contributed by atoms with Crippen molar-refractivity contribution < 1.29 is 0 Å². The molecule has 24 heavy (non-hydrogen) atoms. The van der Waals surface area contributed by atoms with E-state index in [1.165, 1.54) is 6.20 Å². The minimum atomic E-state index is -0.248. The average molecular weight is 322 g/mol. The molecule has 0 saturated heterocycles. The Labute approximate surface area is 136 Å². The first-order chi connectivity index (χ1) is 11.7. The van der Waals surface area contributed by atoms with Crippen molar-refractivity contribution in [1.82, 2.24) is 34.5 Å². The summed E-state index contributed by atoms with van der Waals surface area (Å²) in [5, 5.41) is 15.6. The van der Waals surface area contributed by atoms with Gasteiger partial charge in [-0.15, -0.1) is 10.2 Å². The molecule has 0 aliphatic carbocycles. The van der Waals surface area contributed by atoms with Crippen LogP contribution < -0.4 is 10.9 Å². The quantitative estimate of drug-likeness (QED) is 0.577. The summed E-state index contributed by atoms with van der Waals surface area (Å²) in [7, 11) is 1.85. The van der Waals surface area contributed by atoms with Gasteiger partial charge in [-0.05, 0) is 12.1 Å². The van der Waals surface area contributed by atoms with E-state index in [1.54, 1.807) is 15.6 Å². The second kappa shape index (κ2) is 5.61. The second-order valence-electron chi connectivity index (χ2n) is 5.26. The molecule has 0 radical (unpaired) electrons. The molecule has 9 heteroatoms. The number of benzene rings is 1. The molecule has 120 valence electrons. The van der Waals surface area contributed by atoms with Gasteiger partial charge < -0.3 is 9.88 Å². The lowest BCUT2D eigenvalue weighted by molar-refractivity contribution is 0.806. The Kier molecular flexibility index (Phi) is 3.30. The Morgan fingerprint density at radius 2 is 2.08 bits per heavy atom. The molecule has 3 heterocycles. The molecule has 0 aliphatic heterocycles. The highest BCUT2D eigenvalue weighted by atomic mass is 16.1. The number of aromatic amines is 1. The first-order valence-corrected chi connectivity index (χ1v) is 7.32. The highest BCUT2D eigenvalue weighted by Gasteiger charge is 2.11. The zero-order valence-electron chi connectivity index (χ0n) is 12.8. The molecule has 9 nitrogen and oxygen atoms in total. The van der Waals surface area contributed by atoms with Crippen LogP contribution in [0.15, 0.2) is 47.7 Å². The third kappa shape index (κ3) is 2.41. The van der Waals surface area contributed by atoms with Gasteiger partial charge in [0.2, 0.25) is 5.95 Å². The van der Waals surface area contributed by atoms with Gasteiger partial charge in [0, 0.05) is 7.05 Å². The number of anilines is 1. The van der Waals surface area contributed by atoms with Crippen LogP contribution in [0.5, 0.6) is 0 Å². The molecule has 0 unspecified atom stereocenters. The number of para-hydroxylation sites is 1. The molecule has 0 spiro atoms. The average Bonchev–Trinajstić information content (AvgIpc) is 3.20. The van der Waals surface area contributed by atoms with Crippen LogP contribution in [-0.2, 0) is 13.6 Å². The van der Waals surface area contributed by atoms with Crippen LogP contribution in [0.3, 0.4) is 0 Å². The van der Waals surface area contributed by atoms with Crippen molar-refractivity contribution in [1.29, 1.82) is 0 Å². The lowest BCUT2D eigenvalue weighted by Crippen LogP contribution is -2.15. The Morgan fingerprint density at radius 1 is 1.25 bits per heavy atom. The van der Waals surface area contributed by atoms with E-state index in [1.807, 2.05) is 37.4 Å². The van der Waals surface area contributed by atoms with E-state index in [-0.39, 0.29) is 5.56 Å². The highest BCUT2D eigenvalue weighted by molar-refractivity contribution is 5.76. The summed E-state index contributed by atoms with van der Waals surface area (Å²) in [6.45, 7) is 0.393. The van der Waals surface area contributed by atoms with Gasteiger partial charge in [0.15, 0.2) is 11.5 Å². The minimum Gasteiger partial charge on any atom is -0.348 e. The molecule has 0 amide bonds. The van der Waals surface area contributed by atoms with Crippen LogP contribution in [0.1, 0.15) is 5.82 Å². The van der Waals surface area contributed by atoms with Crippen LogP contribution >= 0.6 is 0 Å². The smallest absolute Gasteiger partial charge is 0.263 e. The molecular formula is C15H14N8O. The van der Waals surface area contributed by atoms with Crippen molar-refractivity contribution in [2.24, 2.45) is 7.05 Å². The van der Waals surface area contributed by atoms with Gasteiger partial charge in [0.1, 0.15) is 11.7 Å². The van der Waals surface area contributed by atoms with E-state index in [0.29, 0.717) is 23.5 Å². The van der Waals surface area contributed by atoms with Crippen molar-refractivity contribution in [3.05, 3.63) is 59.0 Å². The fourth-order valence-electron chi connectivity index (χ4n) is 2.39. The van der Waals surface area contributed by atoms with Gasteiger partial charge in [-0.3, -0.25) is 9.78 Å². The Balaban J connectivity index is 1.73. The molecule has 0 bridgehead atoms. The van der Waals surface area contributed by atoms with Crippen LogP contribution in [0.25, 0.3) is 16.7 Å². The predicted molar refractivity (Wildman–Crippen MR) is 87.8 cm³/mol. The highest BCUT2D eigenvalue weighted by Crippen LogP contribution is 2.14. The van der Waals surface area contributed by atoms with Crippen LogP contribution in [0, 0.1) is 0 Å². The van der Waals surface area contributed by atoms with Gasteiger partial charge in [-0.2, -0.15) is 10.1 Å².